The number of ether oxygens (including phenoxy) is 1. The van der Waals surface area contributed by atoms with Gasteiger partial charge in [0.25, 0.3) is 0 Å². The number of nitrogens with one attached hydrogen (secondary N) is 1. The predicted molar refractivity (Wildman–Crippen MR) is 109 cm³/mol. The zero-order chi connectivity index (χ0) is 22.0. The predicted octanol–water partition coefficient (Wildman–Crippen LogP) is 4.60. The Hall–Kier alpha value is -4.06. The summed E-state index contributed by atoms with van der Waals surface area (Å²) in [6, 6.07) is 9.38. The van der Waals surface area contributed by atoms with Gasteiger partial charge < -0.3 is 10.1 Å². The van der Waals surface area contributed by atoms with Gasteiger partial charge in [-0.3, -0.25) is 10.1 Å². The highest BCUT2D eigenvalue weighted by Gasteiger charge is 2.20. The van der Waals surface area contributed by atoms with E-state index >= 15 is 0 Å². The summed E-state index contributed by atoms with van der Waals surface area (Å²) in [6.07, 6.45) is 1.47. The molecule has 0 saturated heterocycles. The third kappa shape index (κ3) is 4.28. The van der Waals surface area contributed by atoms with E-state index in [9.17, 15) is 18.9 Å². The summed E-state index contributed by atoms with van der Waals surface area (Å²) in [6.45, 7) is 0. The molecule has 2 heterocycles. The van der Waals surface area contributed by atoms with Crippen molar-refractivity contribution < 1.29 is 18.4 Å². The van der Waals surface area contributed by atoms with Gasteiger partial charge in [0.1, 0.15) is 22.3 Å². The zero-order valence-corrected chi connectivity index (χ0v) is 16.6. The number of nitro groups is 1. The minimum atomic E-state index is -1.02. The molecule has 0 unspecified atom stereocenters. The first-order chi connectivity index (χ1) is 14.9. The summed E-state index contributed by atoms with van der Waals surface area (Å²) < 4.78 is 32.0. The molecule has 0 saturated carbocycles. The highest BCUT2D eigenvalue weighted by Crippen LogP contribution is 2.34. The maximum Gasteiger partial charge on any atom is 0.307 e. The van der Waals surface area contributed by atoms with Gasteiger partial charge >= 0.3 is 5.69 Å². The number of methoxy groups -OCH3 is 1. The molecule has 0 bridgehead atoms. The SMILES string of the molecule is COc1cc(F)c([N+](=O)[O-])cc1Nc1nccc(-c2nnc(-c3ccc(F)cc3)s2)n1. The van der Waals surface area contributed by atoms with Gasteiger partial charge in [0.05, 0.1) is 17.7 Å². The minimum absolute atomic E-state index is 0.0478. The van der Waals surface area contributed by atoms with Gasteiger partial charge in [0.2, 0.25) is 11.8 Å². The minimum Gasteiger partial charge on any atom is -0.494 e. The van der Waals surface area contributed by atoms with Crippen molar-refractivity contribution in [1.82, 2.24) is 20.2 Å². The van der Waals surface area contributed by atoms with Gasteiger partial charge in [-0.15, -0.1) is 10.2 Å². The highest BCUT2D eigenvalue weighted by molar-refractivity contribution is 7.17. The van der Waals surface area contributed by atoms with Crippen molar-refractivity contribution in [2.45, 2.75) is 0 Å². The summed E-state index contributed by atoms with van der Waals surface area (Å²) in [4.78, 5) is 18.6. The van der Waals surface area contributed by atoms with Crippen LogP contribution in [0.3, 0.4) is 0 Å². The normalized spacial score (nSPS) is 10.7. The van der Waals surface area contributed by atoms with E-state index in [4.69, 9.17) is 4.74 Å². The number of anilines is 2. The average Bonchev–Trinajstić information content (AvgIpc) is 3.25. The van der Waals surface area contributed by atoms with E-state index in [-0.39, 0.29) is 23.2 Å². The second kappa shape index (κ2) is 8.36. The van der Waals surface area contributed by atoms with Crippen molar-refractivity contribution in [2.24, 2.45) is 0 Å². The molecule has 9 nitrogen and oxygen atoms in total. The number of benzene rings is 2. The quantitative estimate of drug-likeness (QED) is 0.340. The number of nitrogens with zero attached hydrogens (tertiary/aromatic N) is 5. The van der Waals surface area contributed by atoms with E-state index < -0.39 is 16.4 Å². The maximum absolute atomic E-state index is 13.8. The number of hydrogen-bond donors (Lipinski definition) is 1. The molecule has 1 N–H and O–H groups in total. The van der Waals surface area contributed by atoms with Crippen LogP contribution in [-0.4, -0.2) is 32.2 Å². The van der Waals surface area contributed by atoms with Crippen LogP contribution in [0.15, 0.2) is 48.7 Å². The first-order valence-corrected chi connectivity index (χ1v) is 9.48. The van der Waals surface area contributed by atoms with Gasteiger partial charge in [-0.05, 0) is 30.3 Å². The fourth-order valence-corrected chi connectivity index (χ4v) is 3.46. The lowest BCUT2D eigenvalue weighted by atomic mass is 10.2. The van der Waals surface area contributed by atoms with E-state index in [0.29, 0.717) is 21.3 Å². The van der Waals surface area contributed by atoms with Crippen LogP contribution in [0.2, 0.25) is 0 Å². The number of rotatable bonds is 6. The van der Waals surface area contributed by atoms with Crippen LogP contribution in [-0.2, 0) is 0 Å². The number of hydrogen-bond acceptors (Lipinski definition) is 9. The Labute approximate surface area is 177 Å². The molecule has 156 valence electrons. The molecule has 0 radical (unpaired) electrons. The van der Waals surface area contributed by atoms with Crippen LogP contribution >= 0.6 is 11.3 Å². The van der Waals surface area contributed by atoms with Gasteiger partial charge in [-0.25, -0.2) is 14.4 Å². The molecular formula is C19H12F2N6O3S. The smallest absolute Gasteiger partial charge is 0.307 e. The standard InChI is InChI=1S/C19H12F2N6O3S/c1-30-16-8-12(21)15(27(28)29)9-14(16)24-19-22-7-6-13(23-19)18-26-25-17(31-18)10-2-4-11(20)5-3-10/h2-9H,1H3,(H,22,23,24). The number of nitro benzene ring substituents is 1. The van der Waals surface area contributed by atoms with E-state index in [1.54, 1.807) is 18.2 Å². The topological polar surface area (TPSA) is 116 Å². The molecule has 0 aliphatic rings. The molecule has 0 aliphatic carbocycles. The third-order valence-corrected chi connectivity index (χ3v) is 5.10. The maximum atomic E-state index is 13.8. The molecule has 0 atom stereocenters. The highest BCUT2D eigenvalue weighted by atomic mass is 32.1. The Bertz CT molecular complexity index is 1270. The van der Waals surface area contributed by atoms with Crippen molar-refractivity contribution in [3.8, 4) is 27.0 Å². The summed E-state index contributed by atoms with van der Waals surface area (Å²) in [5, 5.41) is 23.1. The van der Waals surface area contributed by atoms with Gasteiger partial charge in [-0.2, -0.15) is 4.39 Å². The average molecular weight is 442 g/mol. The fraction of sp³-hybridized carbons (Fsp3) is 0.0526. The molecule has 0 spiro atoms. The Morgan fingerprint density at radius 2 is 1.84 bits per heavy atom. The molecule has 4 rings (SSSR count). The molecule has 2 aromatic carbocycles. The lowest BCUT2D eigenvalue weighted by molar-refractivity contribution is -0.387. The van der Waals surface area contributed by atoms with Crippen molar-refractivity contribution in [1.29, 1.82) is 0 Å². The van der Waals surface area contributed by atoms with Crippen LogP contribution < -0.4 is 10.1 Å². The third-order valence-electron chi connectivity index (χ3n) is 4.10. The molecular weight excluding hydrogens is 430 g/mol. The summed E-state index contributed by atoms with van der Waals surface area (Å²) in [5.74, 6) is -1.23. The Morgan fingerprint density at radius 1 is 1.10 bits per heavy atom. The zero-order valence-electron chi connectivity index (χ0n) is 15.7. The van der Waals surface area contributed by atoms with Gasteiger partial charge in [0, 0.05) is 23.9 Å². The summed E-state index contributed by atoms with van der Waals surface area (Å²) in [5.41, 5.74) is 0.560. The van der Waals surface area contributed by atoms with Crippen molar-refractivity contribution in [2.75, 3.05) is 12.4 Å². The lowest BCUT2D eigenvalue weighted by Crippen LogP contribution is -2.02. The Morgan fingerprint density at radius 3 is 2.55 bits per heavy atom. The molecule has 4 aromatic rings. The van der Waals surface area contributed by atoms with Gasteiger partial charge in [-0.1, -0.05) is 11.3 Å². The summed E-state index contributed by atoms with van der Waals surface area (Å²) >= 11 is 1.25. The molecule has 0 amide bonds. The molecule has 31 heavy (non-hydrogen) atoms. The van der Waals surface area contributed by atoms with Crippen molar-refractivity contribution >= 4 is 28.7 Å². The molecule has 0 fully saturated rings. The largest absolute Gasteiger partial charge is 0.494 e. The van der Waals surface area contributed by atoms with E-state index in [1.807, 2.05) is 0 Å². The van der Waals surface area contributed by atoms with Crippen LogP contribution in [0.1, 0.15) is 0 Å². The Kier molecular flexibility index (Phi) is 5.45. The summed E-state index contributed by atoms with van der Waals surface area (Å²) in [7, 11) is 1.31. The second-order valence-electron chi connectivity index (χ2n) is 6.07. The Balaban J connectivity index is 1.63. The van der Waals surface area contributed by atoms with Crippen LogP contribution in [0.5, 0.6) is 5.75 Å². The van der Waals surface area contributed by atoms with E-state index in [0.717, 1.165) is 12.1 Å². The molecule has 2 aromatic heterocycles. The van der Waals surface area contributed by atoms with Crippen molar-refractivity contribution in [3.63, 3.8) is 0 Å². The first-order valence-electron chi connectivity index (χ1n) is 8.66. The number of aromatic nitrogens is 4. The van der Waals surface area contributed by atoms with Crippen molar-refractivity contribution in [3.05, 3.63) is 70.4 Å². The van der Waals surface area contributed by atoms with E-state index in [1.165, 1.54) is 36.8 Å². The van der Waals surface area contributed by atoms with E-state index in [2.05, 4.69) is 25.5 Å². The molecule has 12 heteroatoms. The van der Waals surface area contributed by atoms with Crippen LogP contribution in [0.25, 0.3) is 21.3 Å². The number of halogens is 2. The lowest BCUT2D eigenvalue weighted by Gasteiger charge is -2.10. The first kappa shape index (κ1) is 20.2. The fourth-order valence-electron chi connectivity index (χ4n) is 2.64. The monoisotopic (exact) mass is 442 g/mol. The van der Waals surface area contributed by atoms with Gasteiger partial charge in [0.15, 0.2) is 5.01 Å². The molecule has 0 aliphatic heterocycles. The van der Waals surface area contributed by atoms with Crippen LogP contribution in [0.4, 0.5) is 26.1 Å². The van der Waals surface area contributed by atoms with Crippen LogP contribution in [0, 0.1) is 21.7 Å². The second-order valence-corrected chi connectivity index (χ2v) is 7.05.